The number of nitro benzene ring substituents is 1. The van der Waals surface area contributed by atoms with Crippen LogP contribution in [0.2, 0.25) is 0 Å². The fraction of sp³-hybridized carbons (Fsp3) is 0.429. The van der Waals surface area contributed by atoms with E-state index in [1.54, 1.807) is 18.2 Å². The maximum Gasteiger partial charge on any atom is 0.280 e. The average molecular weight is 288 g/mol. The molecule has 0 saturated heterocycles. The lowest BCUT2D eigenvalue weighted by Gasteiger charge is -2.23. The quantitative estimate of drug-likeness (QED) is 0.687. The summed E-state index contributed by atoms with van der Waals surface area (Å²) in [5, 5.41) is 14.9. The number of nitro groups is 1. The standard InChI is InChI=1S/C14H16N4O3/c15-10-5-3-4-9(8-10)14-16-13(17-21-14)11-6-1-2-7-12(11)18(19)20/h1-2,6-7,9-10H,3-5,8,15H2. The van der Waals surface area contributed by atoms with Crippen molar-refractivity contribution in [2.24, 2.45) is 5.73 Å². The Morgan fingerprint density at radius 2 is 2.14 bits per heavy atom. The average Bonchev–Trinajstić information content (AvgIpc) is 2.97. The molecule has 7 nitrogen and oxygen atoms in total. The van der Waals surface area contributed by atoms with Gasteiger partial charge in [-0.1, -0.05) is 23.7 Å². The number of para-hydroxylation sites is 1. The third-order valence-corrected chi connectivity index (χ3v) is 3.85. The van der Waals surface area contributed by atoms with Gasteiger partial charge in [-0.2, -0.15) is 4.98 Å². The van der Waals surface area contributed by atoms with Crippen LogP contribution in [0.25, 0.3) is 11.4 Å². The van der Waals surface area contributed by atoms with Gasteiger partial charge in [-0.05, 0) is 25.3 Å². The highest BCUT2D eigenvalue weighted by molar-refractivity contribution is 5.67. The first-order valence-corrected chi connectivity index (χ1v) is 6.98. The fourth-order valence-corrected chi connectivity index (χ4v) is 2.78. The van der Waals surface area contributed by atoms with Gasteiger partial charge in [0.05, 0.1) is 4.92 Å². The van der Waals surface area contributed by atoms with Crippen molar-refractivity contribution in [3.8, 4) is 11.4 Å². The molecule has 1 fully saturated rings. The maximum atomic E-state index is 11.0. The van der Waals surface area contributed by atoms with Crippen LogP contribution in [-0.2, 0) is 0 Å². The lowest BCUT2D eigenvalue weighted by Crippen LogP contribution is -2.26. The number of hydrogen-bond donors (Lipinski definition) is 1. The molecular formula is C14H16N4O3. The van der Waals surface area contributed by atoms with E-state index in [4.69, 9.17) is 10.3 Å². The predicted octanol–water partition coefficient (Wildman–Crippen LogP) is 2.63. The monoisotopic (exact) mass is 288 g/mol. The minimum atomic E-state index is -0.443. The molecule has 2 N–H and O–H groups in total. The van der Waals surface area contributed by atoms with Gasteiger partial charge < -0.3 is 10.3 Å². The molecule has 0 bridgehead atoms. The molecule has 1 aliphatic carbocycles. The topological polar surface area (TPSA) is 108 Å². The highest BCUT2D eigenvalue weighted by Gasteiger charge is 2.27. The third-order valence-electron chi connectivity index (χ3n) is 3.85. The van der Waals surface area contributed by atoms with Gasteiger partial charge in [0.1, 0.15) is 5.56 Å². The lowest BCUT2D eigenvalue weighted by atomic mass is 9.86. The van der Waals surface area contributed by atoms with E-state index < -0.39 is 4.92 Å². The van der Waals surface area contributed by atoms with E-state index in [-0.39, 0.29) is 23.5 Å². The van der Waals surface area contributed by atoms with Gasteiger partial charge in [-0.25, -0.2) is 0 Å². The Balaban J connectivity index is 1.90. The Kier molecular flexibility index (Phi) is 3.66. The van der Waals surface area contributed by atoms with Crippen LogP contribution in [0, 0.1) is 10.1 Å². The first-order chi connectivity index (χ1) is 10.1. The highest BCUT2D eigenvalue weighted by atomic mass is 16.6. The van der Waals surface area contributed by atoms with Crippen LogP contribution in [0.1, 0.15) is 37.5 Å². The second-order valence-electron chi connectivity index (χ2n) is 5.35. The Labute approximate surface area is 121 Å². The molecule has 0 aliphatic heterocycles. The zero-order valence-corrected chi connectivity index (χ0v) is 11.4. The Hall–Kier alpha value is -2.28. The second-order valence-corrected chi connectivity index (χ2v) is 5.35. The summed E-state index contributed by atoms with van der Waals surface area (Å²) >= 11 is 0. The number of rotatable bonds is 3. The molecule has 3 rings (SSSR count). The molecular weight excluding hydrogens is 272 g/mol. The van der Waals surface area contributed by atoms with Gasteiger partial charge in [0, 0.05) is 18.0 Å². The Morgan fingerprint density at radius 3 is 2.90 bits per heavy atom. The van der Waals surface area contributed by atoms with Crippen LogP contribution in [0.4, 0.5) is 5.69 Å². The largest absolute Gasteiger partial charge is 0.339 e. The molecule has 0 spiro atoms. The molecule has 1 aliphatic rings. The summed E-state index contributed by atoms with van der Waals surface area (Å²) in [5.41, 5.74) is 6.31. The fourth-order valence-electron chi connectivity index (χ4n) is 2.78. The van der Waals surface area contributed by atoms with Gasteiger partial charge in [0.25, 0.3) is 5.69 Å². The molecule has 1 aromatic carbocycles. The number of benzene rings is 1. The van der Waals surface area contributed by atoms with Gasteiger partial charge in [-0.15, -0.1) is 0 Å². The van der Waals surface area contributed by atoms with E-state index in [2.05, 4.69) is 10.1 Å². The lowest BCUT2D eigenvalue weighted by molar-refractivity contribution is -0.384. The Bertz CT molecular complexity index is 655. The molecule has 1 heterocycles. The van der Waals surface area contributed by atoms with Crippen molar-refractivity contribution in [3.05, 3.63) is 40.3 Å². The van der Waals surface area contributed by atoms with Crippen LogP contribution < -0.4 is 5.73 Å². The molecule has 2 atom stereocenters. The van der Waals surface area contributed by atoms with Crippen LogP contribution in [0.15, 0.2) is 28.8 Å². The van der Waals surface area contributed by atoms with E-state index in [1.807, 2.05) is 0 Å². The van der Waals surface area contributed by atoms with Crippen molar-refractivity contribution in [1.29, 1.82) is 0 Å². The summed E-state index contributed by atoms with van der Waals surface area (Å²) in [4.78, 5) is 15.0. The molecule has 1 saturated carbocycles. The van der Waals surface area contributed by atoms with Crippen molar-refractivity contribution in [1.82, 2.24) is 10.1 Å². The minimum absolute atomic E-state index is 0.0230. The van der Waals surface area contributed by atoms with Gasteiger partial charge in [0.15, 0.2) is 0 Å². The summed E-state index contributed by atoms with van der Waals surface area (Å²) < 4.78 is 5.30. The van der Waals surface area contributed by atoms with Crippen molar-refractivity contribution in [2.45, 2.75) is 37.6 Å². The van der Waals surface area contributed by atoms with Gasteiger partial charge in [-0.3, -0.25) is 10.1 Å². The Morgan fingerprint density at radius 1 is 1.33 bits per heavy atom. The summed E-state index contributed by atoms with van der Waals surface area (Å²) in [6.07, 6.45) is 3.83. The predicted molar refractivity (Wildman–Crippen MR) is 75.6 cm³/mol. The third kappa shape index (κ3) is 2.78. The van der Waals surface area contributed by atoms with Crippen LogP contribution in [0.5, 0.6) is 0 Å². The smallest absolute Gasteiger partial charge is 0.280 e. The zero-order chi connectivity index (χ0) is 14.8. The van der Waals surface area contributed by atoms with Crippen molar-refractivity contribution < 1.29 is 9.45 Å². The second kappa shape index (κ2) is 5.61. The van der Waals surface area contributed by atoms with E-state index >= 15 is 0 Å². The van der Waals surface area contributed by atoms with Crippen molar-refractivity contribution in [2.75, 3.05) is 0 Å². The summed E-state index contributed by atoms with van der Waals surface area (Å²) in [6.45, 7) is 0. The SMILES string of the molecule is NC1CCCC(c2nc(-c3ccccc3[N+](=O)[O-])no2)C1. The molecule has 2 aromatic rings. The van der Waals surface area contributed by atoms with E-state index in [0.29, 0.717) is 11.5 Å². The molecule has 0 amide bonds. The molecule has 0 radical (unpaired) electrons. The van der Waals surface area contributed by atoms with Crippen LogP contribution in [0.3, 0.4) is 0 Å². The minimum Gasteiger partial charge on any atom is -0.339 e. The zero-order valence-electron chi connectivity index (χ0n) is 11.4. The van der Waals surface area contributed by atoms with Crippen LogP contribution in [-0.4, -0.2) is 21.1 Å². The summed E-state index contributed by atoms with van der Waals surface area (Å²) in [5.74, 6) is 0.938. The summed E-state index contributed by atoms with van der Waals surface area (Å²) in [6, 6.07) is 6.55. The van der Waals surface area contributed by atoms with Crippen LogP contribution >= 0.6 is 0 Å². The summed E-state index contributed by atoms with van der Waals surface area (Å²) in [7, 11) is 0. The number of nitrogens with two attached hydrogens (primary N) is 1. The number of nitrogens with zero attached hydrogens (tertiary/aromatic N) is 3. The number of aromatic nitrogens is 2. The van der Waals surface area contributed by atoms with E-state index in [9.17, 15) is 10.1 Å². The first-order valence-electron chi connectivity index (χ1n) is 6.98. The van der Waals surface area contributed by atoms with Gasteiger partial charge >= 0.3 is 0 Å². The first kappa shape index (κ1) is 13.7. The molecule has 1 aromatic heterocycles. The van der Waals surface area contributed by atoms with Crippen molar-refractivity contribution in [3.63, 3.8) is 0 Å². The van der Waals surface area contributed by atoms with Gasteiger partial charge in [0.2, 0.25) is 11.7 Å². The molecule has 7 heteroatoms. The number of hydrogen-bond acceptors (Lipinski definition) is 6. The maximum absolute atomic E-state index is 11.0. The molecule has 21 heavy (non-hydrogen) atoms. The molecule has 2 unspecified atom stereocenters. The van der Waals surface area contributed by atoms with Crippen molar-refractivity contribution >= 4 is 5.69 Å². The van der Waals surface area contributed by atoms with E-state index in [1.165, 1.54) is 6.07 Å². The molecule has 110 valence electrons. The highest BCUT2D eigenvalue weighted by Crippen LogP contribution is 2.33. The normalized spacial score (nSPS) is 22.1. The van der Waals surface area contributed by atoms with E-state index in [0.717, 1.165) is 25.7 Å².